The van der Waals surface area contributed by atoms with Crippen LogP contribution in [0.2, 0.25) is 0 Å². The van der Waals surface area contributed by atoms with Crippen LogP contribution in [0.15, 0.2) is 23.1 Å². The van der Waals surface area contributed by atoms with Crippen molar-refractivity contribution in [2.24, 2.45) is 5.73 Å². The van der Waals surface area contributed by atoms with Crippen molar-refractivity contribution in [1.29, 1.82) is 0 Å². The van der Waals surface area contributed by atoms with E-state index in [1.807, 2.05) is 0 Å². The van der Waals surface area contributed by atoms with E-state index in [1.165, 1.54) is 0 Å². The molecule has 0 aliphatic heterocycles. The lowest BCUT2D eigenvalue weighted by Gasteiger charge is -2.27. The molecule has 2 rings (SSSR count). The second kappa shape index (κ2) is 5.98. The molecular formula is C13H18FN3O3S. The number of nitrogens with two attached hydrogens (primary N) is 2. The average Bonchev–Trinajstić information content (AvgIpc) is 2.88. The van der Waals surface area contributed by atoms with Gasteiger partial charge in [0.1, 0.15) is 10.7 Å². The molecule has 116 valence electrons. The summed E-state index contributed by atoms with van der Waals surface area (Å²) >= 11 is 0. The minimum absolute atomic E-state index is 0.178. The zero-order chi connectivity index (χ0) is 15.6. The van der Waals surface area contributed by atoms with E-state index in [-0.39, 0.29) is 16.6 Å². The Morgan fingerprint density at radius 3 is 2.48 bits per heavy atom. The Hall–Kier alpha value is -1.67. The van der Waals surface area contributed by atoms with E-state index < -0.39 is 28.3 Å². The Kier molecular flexibility index (Phi) is 4.48. The second-order valence-corrected chi connectivity index (χ2v) is 7.00. The molecule has 6 nitrogen and oxygen atoms in total. The Morgan fingerprint density at radius 1 is 1.33 bits per heavy atom. The molecule has 0 heterocycles. The van der Waals surface area contributed by atoms with E-state index in [0.717, 1.165) is 35.3 Å². The molecule has 0 atom stereocenters. The van der Waals surface area contributed by atoms with Gasteiger partial charge in [-0.1, -0.05) is 12.8 Å². The third-order valence-corrected chi connectivity index (χ3v) is 5.57. The van der Waals surface area contributed by atoms with E-state index in [9.17, 15) is 17.6 Å². The molecule has 1 aromatic rings. The third-order valence-electron chi connectivity index (χ3n) is 3.60. The molecule has 4 N–H and O–H groups in total. The molecule has 0 radical (unpaired) electrons. The average molecular weight is 315 g/mol. The summed E-state index contributed by atoms with van der Waals surface area (Å²) in [6, 6.07) is 2.82. The van der Waals surface area contributed by atoms with Gasteiger partial charge in [0, 0.05) is 6.04 Å². The van der Waals surface area contributed by atoms with Gasteiger partial charge in [-0.05, 0) is 31.0 Å². The SMILES string of the molecule is NC(=O)CN(C1CCCC1)S(=O)(=O)c1ccc(F)cc1N. The number of carbonyl (C=O) groups is 1. The van der Waals surface area contributed by atoms with E-state index in [1.54, 1.807) is 0 Å². The maximum Gasteiger partial charge on any atom is 0.245 e. The van der Waals surface area contributed by atoms with Crippen LogP contribution in [0, 0.1) is 5.82 Å². The highest BCUT2D eigenvalue weighted by Crippen LogP contribution is 2.30. The number of hydrogen-bond acceptors (Lipinski definition) is 4. The first-order valence-electron chi connectivity index (χ1n) is 6.67. The van der Waals surface area contributed by atoms with Gasteiger partial charge in [-0.25, -0.2) is 12.8 Å². The van der Waals surface area contributed by atoms with Crippen LogP contribution in [-0.2, 0) is 14.8 Å². The second-order valence-electron chi connectivity index (χ2n) is 5.14. The Morgan fingerprint density at radius 2 is 1.95 bits per heavy atom. The molecule has 0 unspecified atom stereocenters. The van der Waals surface area contributed by atoms with Crippen molar-refractivity contribution in [2.45, 2.75) is 36.6 Å². The minimum atomic E-state index is -3.99. The van der Waals surface area contributed by atoms with Gasteiger partial charge < -0.3 is 11.5 Å². The quantitative estimate of drug-likeness (QED) is 0.785. The first kappa shape index (κ1) is 15.7. The summed E-state index contributed by atoms with van der Waals surface area (Å²) in [6.45, 7) is -0.399. The first-order valence-corrected chi connectivity index (χ1v) is 8.11. The number of halogens is 1. The monoisotopic (exact) mass is 315 g/mol. The van der Waals surface area contributed by atoms with Crippen LogP contribution >= 0.6 is 0 Å². The highest BCUT2D eigenvalue weighted by Gasteiger charge is 2.35. The van der Waals surface area contributed by atoms with Crippen LogP contribution in [0.3, 0.4) is 0 Å². The van der Waals surface area contributed by atoms with E-state index in [2.05, 4.69) is 0 Å². The van der Waals surface area contributed by atoms with Crippen LogP contribution in [0.25, 0.3) is 0 Å². The lowest BCUT2D eigenvalue weighted by Crippen LogP contribution is -2.44. The number of carbonyl (C=O) groups excluding carboxylic acids is 1. The molecule has 1 amide bonds. The number of nitrogens with zero attached hydrogens (tertiary/aromatic N) is 1. The molecule has 8 heteroatoms. The molecule has 0 aromatic heterocycles. The number of hydrogen-bond donors (Lipinski definition) is 2. The Balaban J connectivity index is 2.43. The van der Waals surface area contributed by atoms with Crippen LogP contribution < -0.4 is 11.5 Å². The smallest absolute Gasteiger partial charge is 0.245 e. The summed E-state index contributed by atoms with van der Waals surface area (Å²) in [7, 11) is -3.99. The van der Waals surface area contributed by atoms with Gasteiger partial charge in [-0.15, -0.1) is 0 Å². The standard InChI is InChI=1S/C13H18FN3O3S/c14-9-5-6-12(11(15)7-9)21(19,20)17(8-13(16)18)10-3-1-2-4-10/h5-7,10H,1-4,8,15H2,(H2,16,18). The van der Waals surface area contributed by atoms with Crippen molar-refractivity contribution in [3.05, 3.63) is 24.0 Å². The zero-order valence-electron chi connectivity index (χ0n) is 11.5. The zero-order valence-corrected chi connectivity index (χ0v) is 12.3. The molecule has 1 fully saturated rings. The Bertz CT molecular complexity index is 642. The third kappa shape index (κ3) is 3.33. The summed E-state index contributed by atoms with van der Waals surface area (Å²) in [5.74, 6) is -1.35. The van der Waals surface area contributed by atoms with Gasteiger partial charge in [0.2, 0.25) is 15.9 Å². The number of amides is 1. The van der Waals surface area contributed by atoms with Crippen molar-refractivity contribution in [3.8, 4) is 0 Å². The molecule has 1 saturated carbocycles. The summed E-state index contributed by atoms with van der Waals surface area (Å²) in [5, 5.41) is 0. The predicted molar refractivity (Wildman–Crippen MR) is 76.2 cm³/mol. The van der Waals surface area contributed by atoms with Crippen molar-refractivity contribution in [3.63, 3.8) is 0 Å². The molecule has 1 aliphatic rings. The highest BCUT2D eigenvalue weighted by molar-refractivity contribution is 7.89. The normalized spacial score (nSPS) is 16.5. The Labute approximate surface area is 123 Å². The summed E-state index contributed by atoms with van der Waals surface area (Å²) in [6.07, 6.45) is 3.14. The number of rotatable bonds is 5. The van der Waals surface area contributed by atoms with E-state index >= 15 is 0 Å². The van der Waals surface area contributed by atoms with Crippen molar-refractivity contribution < 1.29 is 17.6 Å². The largest absolute Gasteiger partial charge is 0.398 e. The first-order chi connectivity index (χ1) is 9.82. The molecule has 0 saturated heterocycles. The number of nitrogen functional groups attached to an aromatic ring is 1. The number of primary amides is 1. The van der Waals surface area contributed by atoms with Gasteiger partial charge in [-0.3, -0.25) is 4.79 Å². The van der Waals surface area contributed by atoms with Crippen molar-refractivity contribution in [1.82, 2.24) is 4.31 Å². The highest BCUT2D eigenvalue weighted by atomic mass is 32.2. The molecule has 0 bridgehead atoms. The topological polar surface area (TPSA) is 106 Å². The molecule has 21 heavy (non-hydrogen) atoms. The summed E-state index contributed by atoms with van der Waals surface area (Å²) in [5.41, 5.74) is 10.6. The predicted octanol–water partition coefficient (Wildman–Crippen LogP) is 0.826. The van der Waals surface area contributed by atoms with Crippen LogP contribution in [0.5, 0.6) is 0 Å². The van der Waals surface area contributed by atoms with Crippen LogP contribution in [0.4, 0.5) is 10.1 Å². The van der Waals surface area contributed by atoms with Gasteiger partial charge >= 0.3 is 0 Å². The van der Waals surface area contributed by atoms with Gasteiger partial charge in [0.25, 0.3) is 0 Å². The van der Waals surface area contributed by atoms with Gasteiger partial charge in [-0.2, -0.15) is 4.31 Å². The lowest BCUT2D eigenvalue weighted by molar-refractivity contribution is -0.118. The van der Waals surface area contributed by atoms with Crippen LogP contribution in [-0.4, -0.2) is 31.2 Å². The lowest BCUT2D eigenvalue weighted by atomic mass is 10.2. The number of benzene rings is 1. The van der Waals surface area contributed by atoms with E-state index in [0.29, 0.717) is 12.8 Å². The molecular weight excluding hydrogens is 297 g/mol. The molecule has 1 aromatic carbocycles. The fourth-order valence-corrected chi connectivity index (χ4v) is 4.39. The van der Waals surface area contributed by atoms with Crippen LogP contribution in [0.1, 0.15) is 25.7 Å². The number of sulfonamides is 1. The fourth-order valence-electron chi connectivity index (χ4n) is 2.64. The van der Waals surface area contributed by atoms with E-state index in [4.69, 9.17) is 11.5 Å². The van der Waals surface area contributed by atoms with Crippen molar-refractivity contribution >= 4 is 21.6 Å². The molecule has 1 aliphatic carbocycles. The minimum Gasteiger partial charge on any atom is -0.398 e. The van der Waals surface area contributed by atoms with Gasteiger partial charge in [0.05, 0.1) is 12.2 Å². The fraction of sp³-hybridized carbons (Fsp3) is 0.462. The van der Waals surface area contributed by atoms with Gasteiger partial charge in [0.15, 0.2) is 0 Å². The maximum atomic E-state index is 13.1. The summed E-state index contributed by atoms with van der Waals surface area (Å²) < 4.78 is 39.6. The molecule has 0 spiro atoms. The van der Waals surface area contributed by atoms with Crippen molar-refractivity contribution in [2.75, 3.05) is 12.3 Å². The maximum absolute atomic E-state index is 13.1. The number of anilines is 1. The summed E-state index contributed by atoms with van der Waals surface area (Å²) in [4.78, 5) is 11.0.